The highest BCUT2D eigenvalue weighted by atomic mass is 16.6. The molecule has 0 amide bonds. The third-order valence-electron chi connectivity index (χ3n) is 15.5. The Hall–Kier alpha value is -3.55. The highest BCUT2D eigenvalue weighted by Crippen LogP contribution is 2.56. The first kappa shape index (κ1) is 58.0. The van der Waals surface area contributed by atoms with Crippen molar-refractivity contribution < 1.29 is 19.2 Å². The zero-order chi connectivity index (χ0) is 49.6. The van der Waals surface area contributed by atoms with E-state index in [1.165, 1.54) is 204 Å². The normalized spacial score (nSPS) is 15.7. The van der Waals surface area contributed by atoms with Crippen LogP contribution in [0.15, 0.2) is 36.4 Å². The second kappa shape index (κ2) is 33.2. The summed E-state index contributed by atoms with van der Waals surface area (Å²) in [5.74, 6) is 0.295. The van der Waals surface area contributed by atoms with Crippen molar-refractivity contribution >= 4 is 29.1 Å². The summed E-state index contributed by atoms with van der Waals surface area (Å²) < 4.78 is 13.2. The lowest BCUT2D eigenvalue weighted by atomic mass is 9.76. The van der Waals surface area contributed by atoms with E-state index in [9.17, 15) is 14.9 Å². The maximum Gasteiger partial charge on any atom is 0.306 e. The summed E-state index contributed by atoms with van der Waals surface area (Å²) in [6.07, 6.45) is 50.6. The fraction of sp³-hybridized carbons (Fsp3) is 0.754. The summed E-state index contributed by atoms with van der Waals surface area (Å²) in [4.78, 5) is 29.5. The van der Waals surface area contributed by atoms with Gasteiger partial charge in [-0.25, -0.2) is 0 Å². The van der Waals surface area contributed by atoms with Crippen LogP contribution in [0.5, 0.6) is 5.75 Å². The molecule has 0 saturated carbocycles. The lowest BCUT2D eigenvalue weighted by Gasteiger charge is -2.47. The van der Waals surface area contributed by atoms with Crippen LogP contribution in [0.25, 0.3) is 6.08 Å². The molecule has 2 heterocycles. The molecule has 1 spiro atoms. The maximum absolute atomic E-state index is 13.1. The third kappa shape index (κ3) is 19.5. The first-order valence-corrected chi connectivity index (χ1v) is 29.0. The van der Waals surface area contributed by atoms with E-state index >= 15 is 0 Å². The summed E-state index contributed by atoms with van der Waals surface area (Å²) in [6.45, 7) is 9.83. The van der Waals surface area contributed by atoms with Gasteiger partial charge in [0.05, 0.1) is 10.3 Å². The predicted octanol–water partition coefficient (Wildman–Crippen LogP) is 18.7. The number of rotatable bonds is 41. The van der Waals surface area contributed by atoms with Gasteiger partial charge in [-0.15, -0.1) is 0 Å². The summed E-state index contributed by atoms with van der Waals surface area (Å²) in [5.41, 5.74) is 3.31. The number of nitrogens with zero attached hydrogens (tertiary/aromatic N) is 3. The fourth-order valence-electron chi connectivity index (χ4n) is 11.0. The summed E-state index contributed by atoms with van der Waals surface area (Å²) in [5, 5.41) is 12.2. The highest BCUT2D eigenvalue weighted by molar-refractivity contribution is 5.76. The molecule has 0 saturated heterocycles. The number of non-ortho nitro benzene ring substituents is 1. The van der Waals surface area contributed by atoms with Gasteiger partial charge in [0.15, 0.2) is 0 Å². The van der Waals surface area contributed by atoms with Crippen LogP contribution in [0.4, 0.5) is 17.1 Å². The highest BCUT2D eigenvalue weighted by Gasteiger charge is 2.59. The molecule has 1 atom stereocenters. The molecule has 0 N–H and O–H groups in total. The number of esters is 1. The van der Waals surface area contributed by atoms with Gasteiger partial charge in [0.25, 0.3) is 5.69 Å². The molecule has 0 bridgehead atoms. The topological polar surface area (TPSA) is 85.1 Å². The summed E-state index contributed by atoms with van der Waals surface area (Å²) in [7, 11) is 4.15. The Balaban J connectivity index is 1.23. The molecule has 2 aromatic rings. The number of nitro groups is 1. The van der Waals surface area contributed by atoms with E-state index in [0.717, 1.165) is 50.0 Å². The molecule has 0 radical (unpaired) electrons. The smallest absolute Gasteiger partial charge is 0.306 e. The van der Waals surface area contributed by atoms with Crippen LogP contribution < -0.4 is 14.5 Å². The Kier molecular flexibility index (Phi) is 27.9. The number of anilines is 2. The molecule has 2 aliphatic rings. The largest absolute Gasteiger partial charge is 0.462 e. The van der Waals surface area contributed by atoms with Crippen molar-refractivity contribution in [1.29, 1.82) is 0 Å². The van der Waals surface area contributed by atoms with Crippen molar-refractivity contribution in [3.05, 3.63) is 63.2 Å². The molecule has 69 heavy (non-hydrogen) atoms. The average Bonchev–Trinajstić information content (AvgIpc) is 3.51. The molecule has 8 heteroatoms. The van der Waals surface area contributed by atoms with E-state index in [1.807, 2.05) is 6.08 Å². The quantitative estimate of drug-likeness (QED) is 0.0284. The van der Waals surface area contributed by atoms with E-state index in [4.69, 9.17) is 9.47 Å². The van der Waals surface area contributed by atoms with Gasteiger partial charge in [0.2, 0.25) is 5.72 Å². The van der Waals surface area contributed by atoms with Crippen LogP contribution in [0.2, 0.25) is 0 Å². The Morgan fingerprint density at radius 3 is 1.49 bits per heavy atom. The molecule has 2 aromatic carbocycles. The van der Waals surface area contributed by atoms with Crippen LogP contribution in [-0.2, 0) is 21.6 Å². The van der Waals surface area contributed by atoms with Crippen molar-refractivity contribution in [2.75, 3.05) is 30.4 Å². The van der Waals surface area contributed by atoms with Crippen molar-refractivity contribution in [2.45, 2.75) is 277 Å². The van der Waals surface area contributed by atoms with Crippen molar-refractivity contribution in [1.82, 2.24) is 0 Å². The lowest BCUT2D eigenvalue weighted by Crippen LogP contribution is -2.59. The number of hydrogen-bond donors (Lipinski definition) is 0. The molecule has 0 aromatic heterocycles. The second-order valence-corrected chi connectivity index (χ2v) is 21.9. The second-order valence-electron chi connectivity index (χ2n) is 21.9. The van der Waals surface area contributed by atoms with E-state index in [1.54, 1.807) is 6.07 Å². The Morgan fingerprint density at radius 1 is 0.623 bits per heavy atom. The molecular formula is C61H101N3O5. The molecule has 8 nitrogen and oxygen atoms in total. The number of benzene rings is 2. The molecule has 4 rings (SSSR count). The zero-order valence-corrected chi connectivity index (χ0v) is 45.3. The standard InChI is InChI=1S/C61H101N3O5/c1-7-9-11-13-15-17-19-21-23-25-26-27-28-30-32-34-36-38-40-42-58(65)68-51-53-49-55(64(66)67)48-52-45-46-61(69-59(52)53)60(3,4)56-50-54(62(5)6)43-44-57(56)63(61)47-41-39-37-35-33-31-29-24-22-20-18-16-14-12-10-8-2/h43-46,48-50H,7-42,47,51H2,1-6H3. The van der Waals surface area contributed by atoms with Crippen LogP contribution in [-0.4, -0.2) is 37.3 Å². The zero-order valence-electron chi connectivity index (χ0n) is 45.3. The molecule has 1 unspecified atom stereocenters. The molecule has 0 fully saturated rings. The molecule has 0 aliphatic carbocycles. The maximum atomic E-state index is 13.1. The van der Waals surface area contributed by atoms with Gasteiger partial charge >= 0.3 is 5.97 Å². The Bertz CT molecular complexity index is 1770. The van der Waals surface area contributed by atoms with Gasteiger partial charge in [0.1, 0.15) is 12.4 Å². The van der Waals surface area contributed by atoms with E-state index in [-0.39, 0.29) is 23.2 Å². The van der Waals surface area contributed by atoms with Crippen molar-refractivity contribution in [3.63, 3.8) is 0 Å². The number of fused-ring (bicyclic) bond motifs is 2. The van der Waals surface area contributed by atoms with Crippen LogP contribution >= 0.6 is 0 Å². The SMILES string of the molecule is CCCCCCCCCCCCCCCCCCCCCC(=O)OCc1cc([N+](=O)[O-])cc2c1OC1(C=C2)N(CCCCCCCCCCCCCCCCCC)c2ccc(N(C)C)cc2C1(C)C. The van der Waals surface area contributed by atoms with Crippen molar-refractivity contribution in [2.24, 2.45) is 0 Å². The van der Waals surface area contributed by atoms with Gasteiger partial charge in [-0.1, -0.05) is 226 Å². The number of carbonyl (C=O) groups is 1. The summed E-state index contributed by atoms with van der Waals surface area (Å²) in [6, 6.07) is 9.83. The van der Waals surface area contributed by atoms with Gasteiger partial charge < -0.3 is 19.3 Å². The first-order valence-electron chi connectivity index (χ1n) is 29.0. The predicted molar refractivity (Wildman–Crippen MR) is 294 cm³/mol. The Morgan fingerprint density at radius 2 is 1.06 bits per heavy atom. The minimum absolute atomic E-state index is 0.0302. The van der Waals surface area contributed by atoms with Crippen LogP contribution in [0.3, 0.4) is 0 Å². The van der Waals surface area contributed by atoms with Crippen molar-refractivity contribution in [3.8, 4) is 5.75 Å². The van der Waals surface area contributed by atoms with E-state index < -0.39 is 11.1 Å². The number of hydrogen-bond acceptors (Lipinski definition) is 7. The monoisotopic (exact) mass is 956 g/mol. The number of unbranched alkanes of at least 4 members (excludes halogenated alkanes) is 33. The first-order chi connectivity index (χ1) is 33.6. The minimum Gasteiger partial charge on any atom is -0.462 e. The van der Waals surface area contributed by atoms with Gasteiger partial charge in [-0.3, -0.25) is 14.9 Å². The molecule has 390 valence electrons. The Labute approximate surface area is 422 Å². The minimum atomic E-state index is -0.871. The van der Waals surface area contributed by atoms with E-state index in [0.29, 0.717) is 23.3 Å². The number of carbonyl (C=O) groups excluding carboxylic acids is 1. The van der Waals surface area contributed by atoms with E-state index in [2.05, 4.69) is 75.9 Å². The molecular weight excluding hydrogens is 855 g/mol. The average molecular weight is 956 g/mol. The third-order valence-corrected chi connectivity index (χ3v) is 15.5. The van der Waals surface area contributed by atoms with Crippen LogP contribution in [0.1, 0.15) is 276 Å². The fourth-order valence-corrected chi connectivity index (χ4v) is 11.0. The lowest BCUT2D eigenvalue weighted by molar-refractivity contribution is -0.385. The van der Waals surface area contributed by atoms with Crippen LogP contribution in [0, 0.1) is 10.1 Å². The number of ether oxygens (including phenoxy) is 2. The van der Waals surface area contributed by atoms with Gasteiger partial charge in [0, 0.05) is 61.7 Å². The molecule has 2 aliphatic heterocycles. The van der Waals surface area contributed by atoms with Gasteiger partial charge in [-0.2, -0.15) is 0 Å². The van der Waals surface area contributed by atoms with Gasteiger partial charge in [-0.05, 0) is 62.6 Å². The summed E-state index contributed by atoms with van der Waals surface area (Å²) >= 11 is 0. The number of nitro benzene ring substituents is 1.